The number of carbonyl (C=O) groups is 1. The first-order valence-corrected chi connectivity index (χ1v) is 12.0. The Morgan fingerprint density at radius 3 is 2.53 bits per heavy atom. The van der Waals surface area contributed by atoms with Crippen molar-refractivity contribution in [2.24, 2.45) is 0 Å². The van der Waals surface area contributed by atoms with E-state index in [2.05, 4.69) is 15.4 Å². The number of pyridine rings is 1. The summed E-state index contributed by atoms with van der Waals surface area (Å²) in [6, 6.07) is 10.0. The van der Waals surface area contributed by atoms with Crippen LogP contribution in [0.3, 0.4) is 0 Å². The highest BCUT2D eigenvalue weighted by atomic mass is 35.5. The molecule has 1 aromatic carbocycles. The van der Waals surface area contributed by atoms with Crippen molar-refractivity contribution in [1.82, 2.24) is 24.4 Å². The number of rotatable bonds is 8. The smallest absolute Gasteiger partial charge is 0.260 e. The minimum atomic E-state index is -3.68. The van der Waals surface area contributed by atoms with Gasteiger partial charge in [0.2, 0.25) is 0 Å². The van der Waals surface area contributed by atoms with Gasteiger partial charge in [-0.05, 0) is 55.3 Å². The Morgan fingerprint density at radius 2 is 1.91 bits per heavy atom. The second-order valence-corrected chi connectivity index (χ2v) is 10.1. The fourth-order valence-electron chi connectivity index (χ4n) is 3.29. The lowest BCUT2D eigenvalue weighted by Crippen LogP contribution is -2.29. The molecule has 1 N–H and O–H groups in total. The maximum absolute atomic E-state index is 13.1. The van der Waals surface area contributed by atoms with Gasteiger partial charge in [-0.1, -0.05) is 24.9 Å². The Bertz CT molecular complexity index is 1210. The Morgan fingerprint density at radius 1 is 1.22 bits per heavy atom. The minimum absolute atomic E-state index is 0.0536. The van der Waals surface area contributed by atoms with Gasteiger partial charge in [0.1, 0.15) is 0 Å². The topological polar surface area (TPSA) is 97.2 Å². The Labute approximate surface area is 193 Å². The van der Waals surface area contributed by atoms with E-state index in [1.165, 1.54) is 32.6 Å². The number of benzene rings is 1. The molecule has 0 fully saturated rings. The lowest BCUT2D eigenvalue weighted by atomic mass is 10.0. The van der Waals surface area contributed by atoms with Crippen LogP contribution in [0.1, 0.15) is 47.4 Å². The Kier molecular flexibility index (Phi) is 7.33. The van der Waals surface area contributed by atoms with Crippen LogP contribution in [0, 0.1) is 6.92 Å². The molecule has 0 bridgehead atoms. The number of halogens is 1. The second-order valence-electron chi connectivity index (χ2n) is 7.56. The van der Waals surface area contributed by atoms with Crippen LogP contribution < -0.4 is 5.32 Å². The maximum Gasteiger partial charge on any atom is 0.260 e. The molecule has 2 aromatic heterocycles. The number of aromatic nitrogens is 3. The number of hydrogen-bond acceptors (Lipinski definition) is 5. The summed E-state index contributed by atoms with van der Waals surface area (Å²) in [4.78, 5) is 17.1. The minimum Gasteiger partial charge on any atom is -0.345 e. The molecule has 0 saturated carbocycles. The third-order valence-electron chi connectivity index (χ3n) is 5.11. The van der Waals surface area contributed by atoms with Gasteiger partial charge < -0.3 is 5.32 Å². The highest BCUT2D eigenvalue weighted by molar-refractivity contribution is 7.89. The highest BCUT2D eigenvalue weighted by Gasteiger charge is 2.23. The number of nitrogens with one attached hydrogen (secondary N) is 1. The van der Waals surface area contributed by atoms with Gasteiger partial charge in [0.25, 0.3) is 15.9 Å². The molecule has 1 atom stereocenters. The Hall–Kier alpha value is -2.75. The molecule has 2 heterocycles. The van der Waals surface area contributed by atoms with E-state index in [0.29, 0.717) is 28.3 Å². The van der Waals surface area contributed by atoms with Gasteiger partial charge in [0.05, 0.1) is 29.2 Å². The first kappa shape index (κ1) is 23.9. The van der Waals surface area contributed by atoms with E-state index in [1.807, 2.05) is 26.0 Å². The molecule has 1 amide bonds. The molecule has 8 nitrogen and oxygen atoms in total. The molecule has 170 valence electrons. The van der Waals surface area contributed by atoms with E-state index in [1.54, 1.807) is 22.9 Å². The van der Waals surface area contributed by atoms with E-state index in [4.69, 9.17) is 11.6 Å². The molecule has 0 aliphatic carbocycles. The van der Waals surface area contributed by atoms with Gasteiger partial charge in [-0.15, -0.1) is 0 Å². The first-order chi connectivity index (χ1) is 15.1. The van der Waals surface area contributed by atoms with Gasteiger partial charge in [-0.25, -0.2) is 22.4 Å². The standard InChI is InChI=1S/C22H26ClN5O3S/c1-5-6-20(16-11-12-24-21(13-16)32(30,31)27(3)4)26-22(29)19-14-25-28(15(19)2)18-9-7-17(23)8-10-18/h7-14,20H,5-6H2,1-4H3,(H,26,29). The number of carbonyl (C=O) groups excluding carboxylic acids is 1. The number of sulfonamides is 1. The van der Waals surface area contributed by atoms with Crippen molar-refractivity contribution >= 4 is 27.5 Å². The summed E-state index contributed by atoms with van der Waals surface area (Å²) in [5, 5.41) is 7.93. The van der Waals surface area contributed by atoms with Gasteiger partial charge in [0, 0.05) is 25.3 Å². The quantitative estimate of drug-likeness (QED) is 0.535. The summed E-state index contributed by atoms with van der Waals surface area (Å²) < 4.78 is 27.7. The molecule has 0 aliphatic heterocycles. The van der Waals surface area contributed by atoms with Crippen LogP contribution in [0.25, 0.3) is 5.69 Å². The molecule has 0 radical (unpaired) electrons. The lowest BCUT2D eigenvalue weighted by Gasteiger charge is -2.20. The predicted molar refractivity (Wildman–Crippen MR) is 124 cm³/mol. The first-order valence-electron chi connectivity index (χ1n) is 10.1. The van der Waals surface area contributed by atoms with Gasteiger partial charge >= 0.3 is 0 Å². The van der Waals surface area contributed by atoms with Crippen molar-refractivity contribution in [3.05, 3.63) is 70.6 Å². The zero-order valence-electron chi connectivity index (χ0n) is 18.4. The number of amides is 1. The van der Waals surface area contributed by atoms with E-state index < -0.39 is 10.0 Å². The van der Waals surface area contributed by atoms with Crippen LogP contribution in [0.15, 0.2) is 53.8 Å². The van der Waals surface area contributed by atoms with Crippen molar-refractivity contribution in [1.29, 1.82) is 0 Å². The molecule has 3 rings (SSSR count). The van der Waals surface area contributed by atoms with Crippen LogP contribution in [0.4, 0.5) is 0 Å². The molecule has 0 spiro atoms. The molecule has 10 heteroatoms. The van der Waals surface area contributed by atoms with E-state index >= 15 is 0 Å². The maximum atomic E-state index is 13.1. The highest BCUT2D eigenvalue weighted by Crippen LogP contribution is 2.23. The fraction of sp³-hybridized carbons (Fsp3) is 0.318. The van der Waals surface area contributed by atoms with Crippen molar-refractivity contribution in [2.75, 3.05) is 14.1 Å². The van der Waals surface area contributed by atoms with Crippen LogP contribution in [0.5, 0.6) is 0 Å². The molecule has 0 saturated heterocycles. The van der Waals surface area contributed by atoms with Crippen LogP contribution in [-0.2, 0) is 10.0 Å². The lowest BCUT2D eigenvalue weighted by molar-refractivity contribution is 0.0933. The average molecular weight is 476 g/mol. The van der Waals surface area contributed by atoms with Crippen molar-refractivity contribution < 1.29 is 13.2 Å². The predicted octanol–water partition coefficient (Wildman–Crippen LogP) is 3.75. The van der Waals surface area contributed by atoms with Gasteiger partial charge in [-0.3, -0.25) is 4.79 Å². The molecule has 32 heavy (non-hydrogen) atoms. The molecule has 1 unspecified atom stereocenters. The molecule has 0 aliphatic rings. The van der Waals surface area contributed by atoms with Crippen molar-refractivity contribution in [3.63, 3.8) is 0 Å². The summed E-state index contributed by atoms with van der Waals surface area (Å²) in [5.41, 5.74) is 2.60. The summed E-state index contributed by atoms with van der Waals surface area (Å²) in [7, 11) is -0.770. The summed E-state index contributed by atoms with van der Waals surface area (Å²) in [6.45, 7) is 3.82. The summed E-state index contributed by atoms with van der Waals surface area (Å²) in [5.74, 6) is -0.282. The van der Waals surface area contributed by atoms with E-state index in [-0.39, 0.29) is 17.0 Å². The third kappa shape index (κ3) is 5.01. The number of hydrogen-bond donors (Lipinski definition) is 1. The van der Waals surface area contributed by atoms with E-state index in [0.717, 1.165) is 16.4 Å². The van der Waals surface area contributed by atoms with Crippen molar-refractivity contribution in [2.45, 2.75) is 37.8 Å². The number of nitrogens with zero attached hydrogens (tertiary/aromatic N) is 4. The summed E-state index contributed by atoms with van der Waals surface area (Å²) in [6.07, 6.45) is 4.41. The van der Waals surface area contributed by atoms with Crippen LogP contribution >= 0.6 is 11.6 Å². The third-order valence-corrected chi connectivity index (χ3v) is 7.08. The van der Waals surface area contributed by atoms with Crippen LogP contribution in [0.2, 0.25) is 5.02 Å². The zero-order valence-corrected chi connectivity index (χ0v) is 20.0. The molecular weight excluding hydrogens is 450 g/mol. The molecular formula is C22H26ClN5O3S. The Balaban J connectivity index is 1.88. The fourth-order valence-corrected chi connectivity index (χ4v) is 4.27. The van der Waals surface area contributed by atoms with Crippen LogP contribution in [-0.4, -0.2) is 47.5 Å². The monoisotopic (exact) mass is 475 g/mol. The average Bonchev–Trinajstić information content (AvgIpc) is 3.15. The molecule has 3 aromatic rings. The summed E-state index contributed by atoms with van der Waals surface area (Å²) >= 11 is 5.96. The van der Waals surface area contributed by atoms with Crippen molar-refractivity contribution in [3.8, 4) is 5.69 Å². The second kappa shape index (κ2) is 9.81. The normalized spacial score (nSPS) is 12.7. The zero-order chi connectivity index (χ0) is 23.5. The SMILES string of the molecule is CCCC(NC(=O)c1cnn(-c2ccc(Cl)cc2)c1C)c1ccnc(S(=O)(=O)N(C)C)c1. The van der Waals surface area contributed by atoms with E-state index in [9.17, 15) is 13.2 Å². The van der Waals surface area contributed by atoms with Gasteiger partial charge in [-0.2, -0.15) is 5.10 Å². The largest absolute Gasteiger partial charge is 0.345 e. The van der Waals surface area contributed by atoms with Gasteiger partial charge in [0.15, 0.2) is 5.03 Å².